The summed E-state index contributed by atoms with van der Waals surface area (Å²) in [5.74, 6) is -1.45. The molecule has 32 heavy (non-hydrogen) atoms. The summed E-state index contributed by atoms with van der Waals surface area (Å²) in [7, 11) is -3.64. The molecule has 2 N–H and O–H groups in total. The second-order valence-corrected chi connectivity index (χ2v) is 11.3. The zero-order valence-corrected chi connectivity index (χ0v) is 19.7. The predicted molar refractivity (Wildman–Crippen MR) is 123 cm³/mol. The van der Waals surface area contributed by atoms with E-state index in [4.69, 9.17) is 16.3 Å². The number of morpholine rings is 1. The van der Waals surface area contributed by atoms with E-state index in [1.54, 1.807) is 29.2 Å². The fourth-order valence-corrected chi connectivity index (χ4v) is 4.66. The number of amides is 3. The lowest BCUT2D eigenvalue weighted by Crippen LogP contribution is -2.52. The molecule has 0 saturated carbocycles. The van der Waals surface area contributed by atoms with Crippen LogP contribution in [0, 0.1) is 0 Å². The quantitative estimate of drug-likeness (QED) is 0.600. The van der Waals surface area contributed by atoms with Crippen LogP contribution in [0.25, 0.3) is 0 Å². The number of halogens is 1. The Kier molecular flexibility index (Phi) is 7.55. The first kappa shape index (κ1) is 24.2. The molecule has 1 saturated heterocycles. The fraction of sp³-hybridized carbons (Fsp3) is 0.350. The third kappa shape index (κ3) is 5.85. The molecule has 2 heterocycles. The van der Waals surface area contributed by atoms with Crippen molar-refractivity contribution < 1.29 is 27.5 Å². The van der Waals surface area contributed by atoms with E-state index in [9.17, 15) is 22.8 Å². The van der Waals surface area contributed by atoms with Crippen molar-refractivity contribution in [2.75, 3.05) is 36.2 Å². The van der Waals surface area contributed by atoms with Gasteiger partial charge in [0.05, 0.1) is 21.1 Å². The molecule has 1 aromatic carbocycles. The molecule has 2 aromatic rings. The Hall–Kier alpha value is -2.47. The molecule has 172 valence electrons. The summed E-state index contributed by atoms with van der Waals surface area (Å²) in [5, 5.41) is 3.95. The standard InChI is InChI=1S/C20H22ClN3O6S2/c1-12(32(2,28)29)18(23-19(26)15-7-8-16(21)31-15)20(27)22-13-3-5-14(6-4-13)24-9-10-30-11-17(24)25/h3-8,12,18H,9-11H2,1-2H3,(H,22,27)(H,23,26)/t12?,18-/m0/s1. The normalized spacial score (nSPS) is 16.3. The molecule has 1 fully saturated rings. The Morgan fingerprint density at radius 3 is 2.44 bits per heavy atom. The molecular weight excluding hydrogens is 478 g/mol. The van der Waals surface area contributed by atoms with Crippen LogP contribution in [0.4, 0.5) is 11.4 Å². The van der Waals surface area contributed by atoms with Gasteiger partial charge in [-0.2, -0.15) is 0 Å². The molecule has 9 nitrogen and oxygen atoms in total. The van der Waals surface area contributed by atoms with Crippen molar-refractivity contribution in [3.8, 4) is 0 Å². The summed E-state index contributed by atoms with van der Waals surface area (Å²) in [5.41, 5.74) is 1.04. The third-order valence-corrected chi connectivity index (χ3v) is 7.80. The van der Waals surface area contributed by atoms with Gasteiger partial charge in [-0.15, -0.1) is 11.3 Å². The van der Waals surface area contributed by atoms with Crippen LogP contribution in [0.3, 0.4) is 0 Å². The zero-order chi connectivity index (χ0) is 23.5. The number of nitrogens with zero attached hydrogens (tertiary/aromatic N) is 1. The van der Waals surface area contributed by atoms with Gasteiger partial charge in [0.2, 0.25) is 5.91 Å². The lowest BCUT2D eigenvalue weighted by Gasteiger charge is -2.27. The zero-order valence-electron chi connectivity index (χ0n) is 17.3. The van der Waals surface area contributed by atoms with Crippen LogP contribution in [0.5, 0.6) is 0 Å². The van der Waals surface area contributed by atoms with Gasteiger partial charge in [0.25, 0.3) is 11.8 Å². The minimum absolute atomic E-state index is 0.0126. The van der Waals surface area contributed by atoms with Gasteiger partial charge in [-0.3, -0.25) is 14.4 Å². The highest BCUT2D eigenvalue weighted by atomic mass is 35.5. The van der Waals surface area contributed by atoms with Gasteiger partial charge in [-0.25, -0.2) is 8.42 Å². The molecule has 0 radical (unpaired) electrons. The molecule has 0 bridgehead atoms. The van der Waals surface area contributed by atoms with Crippen LogP contribution in [-0.4, -0.2) is 63.4 Å². The highest BCUT2D eigenvalue weighted by molar-refractivity contribution is 7.91. The van der Waals surface area contributed by atoms with Crippen LogP contribution in [0.1, 0.15) is 16.6 Å². The Balaban J connectivity index is 1.75. The van der Waals surface area contributed by atoms with Gasteiger partial charge < -0.3 is 20.3 Å². The molecule has 12 heteroatoms. The van der Waals surface area contributed by atoms with Crippen LogP contribution in [0.2, 0.25) is 4.34 Å². The number of ether oxygens (including phenoxy) is 1. The molecule has 1 aliphatic rings. The first-order valence-corrected chi connectivity index (χ1v) is 12.8. The average Bonchev–Trinajstić information content (AvgIpc) is 3.18. The van der Waals surface area contributed by atoms with Gasteiger partial charge in [0.15, 0.2) is 9.84 Å². The van der Waals surface area contributed by atoms with Crippen molar-refractivity contribution >= 4 is 61.9 Å². The van der Waals surface area contributed by atoms with E-state index in [0.29, 0.717) is 28.9 Å². The first-order valence-electron chi connectivity index (χ1n) is 9.60. The van der Waals surface area contributed by atoms with Gasteiger partial charge in [-0.1, -0.05) is 11.6 Å². The van der Waals surface area contributed by atoms with Crippen molar-refractivity contribution in [2.45, 2.75) is 18.2 Å². The van der Waals surface area contributed by atoms with E-state index < -0.39 is 32.9 Å². The van der Waals surface area contributed by atoms with E-state index in [0.717, 1.165) is 17.6 Å². The summed E-state index contributed by atoms with van der Waals surface area (Å²) < 4.78 is 29.7. The van der Waals surface area contributed by atoms with E-state index in [-0.39, 0.29) is 17.4 Å². The summed E-state index contributed by atoms with van der Waals surface area (Å²) in [6.45, 7) is 2.23. The summed E-state index contributed by atoms with van der Waals surface area (Å²) in [6.07, 6.45) is 1.00. The molecule has 1 unspecified atom stereocenters. The Bertz CT molecular complexity index is 1120. The molecule has 0 aliphatic carbocycles. The number of carbonyl (C=O) groups is 3. The number of carbonyl (C=O) groups excluding carboxylic acids is 3. The minimum atomic E-state index is -3.64. The fourth-order valence-electron chi connectivity index (χ4n) is 3.03. The molecule has 1 aromatic heterocycles. The second kappa shape index (κ2) is 9.99. The molecule has 3 rings (SSSR count). The maximum atomic E-state index is 12.9. The lowest BCUT2D eigenvalue weighted by molar-refractivity contribution is -0.125. The summed E-state index contributed by atoms with van der Waals surface area (Å²) in [4.78, 5) is 39.2. The van der Waals surface area contributed by atoms with Crippen molar-refractivity contribution in [2.24, 2.45) is 0 Å². The number of hydrogen-bond donors (Lipinski definition) is 2. The molecule has 2 atom stereocenters. The minimum Gasteiger partial charge on any atom is -0.370 e. The smallest absolute Gasteiger partial charge is 0.262 e. The molecular formula is C20H22ClN3O6S2. The van der Waals surface area contributed by atoms with Crippen LogP contribution >= 0.6 is 22.9 Å². The van der Waals surface area contributed by atoms with Gasteiger partial charge in [0.1, 0.15) is 12.6 Å². The van der Waals surface area contributed by atoms with Crippen LogP contribution < -0.4 is 15.5 Å². The number of thiophene rings is 1. The van der Waals surface area contributed by atoms with E-state index >= 15 is 0 Å². The Morgan fingerprint density at radius 2 is 1.88 bits per heavy atom. The monoisotopic (exact) mass is 499 g/mol. The maximum Gasteiger partial charge on any atom is 0.262 e. The van der Waals surface area contributed by atoms with Crippen molar-refractivity contribution in [3.63, 3.8) is 0 Å². The maximum absolute atomic E-state index is 12.9. The highest BCUT2D eigenvalue weighted by Crippen LogP contribution is 2.22. The summed E-state index contributed by atoms with van der Waals surface area (Å²) in [6, 6.07) is 8.22. The van der Waals surface area contributed by atoms with Crippen LogP contribution in [0.15, 0.2) is 36.4 Å². The molecule has 3 amide bonds. The molecule has 1 aliphatic heterocycles. The lowest BCUT2D eigenvalue weighted by atomic mass is 10.1. The predicted octanol–water partition coefficient (Wildman–Crippen LogP) is 1.93. The van der Waals surface area contributed by atoms with Crippen molar-refractivity contribution in [1.29, 1.82) is 0 Å². The number of hydrogen-bond acceptors (Lipinski definition) is 7. The topological polar surface area (TPSA) is 122 Å². The Labute approximate surface area is 194 Å². The van der Waals surface area contributed by atoms with Gasteiger partial charge in [-0.05, 0) is 43.3 Å². The van der Waals surface area contributed by atoms with E-state index in [1.807, 2.05) is 0 Å². The molecule has 0 spiro atoms. The number of anilines is 2. The van der Waals surface area contributed by atoms with Gasteiger partial charge >= 0.3 is 0 Å². The van der Waals surface area contributed by atoms with E-state index in [2.05, 4.69) is 10.6 Å². The second-order valence-electron chi connectivity index (χ2n) is 7.22. The van der Waals surface area contributed by atoms with Crippen molar-refractivity contribution in [3.05, 3.63) is 45.6 Å². The number of benzene rings is 1. The third-order valence-electron chi connectivity index (χ3n) is 4.94. The Morgan fingerprint density at radius 1 is 1.19 bits per heavy atom. The van der Waals surface area contributed by atoms with E-state index in [1.165, 1.54) is 19.1 Å². The van der Waals surface area contributed by atoms with Crippen molar-refractivity contribution in [1.82, 2.24) is 5.32 Å². The van der Waals surface area contributed by atoms with Crippen LogP contribution in [-0.2, 0) is 24.2 Å². The largest absolute Gasteiger partial charge is 0.370 e. The first-order chi connectivity index (χ1) is 15.1. The highest BCUT2D eigenvalue weighted by Gasteiger charge is 2.34. The number of rotatable bonds is 7. The van der Waals surface area contributed by atoms with Gasteiger partial charge in [0, 0.05) is 24.2 Å². The average molecular weight is 500 g/mol. The SMILES string of the molecule is CC([C@H](NC(=O)c1ccc(Cl)s1)C(=O)Nc1ccc(N2CCOCC2=O)cc1)S(C)(=O)=O. The number of sulfone groups is 1. The summed E-state index contributed by atoms with van der Waals surface area (Å²) >= 11 is 6.87. The number of nitrogens with one attached hydrogen (secondary N) is 2.